The average molecular weight is 310 g/mol. The Kier molecular flexibility index (Phi) is 4.71. The molecule has 0 radical (unpaired) electrons. The Morgan fingerprint density at radius 1 is 1.11 bits per heavy atom. The molecule has 1 aliphatic rings. The summed E-state index contributed by atoms with van der Waals surface area (Å²) < 4.78 is 1.18. The van der Waals surface area contributed by atoms with Crippen molar-refractivity contribution in [1.29, 1.82) is 0 Å². The number of aryl methyl sites for hydroxylation is 2. The zero-order valence-corrected chi connectivity index (χ0v) is 13.3. The molecule has 0 unspecified atom stereocenters. The minimum Gasteiger partial charge on any atom is -0.384 e. The molecule has 1 aromatic rings. The van der Waals surface area contributed by atoms with E-state index in [0.29, 0.717) is 0 Å². The van der Waals surface area contributed by atoms with Crippen LogP contribution in [-0.4, -0.2) is 6.54 Å². The minimum absolute atomic E-state index is 0.864. The fraction of sp³-hybridized carbons (Fsp3) is 0.625. The first-order valence-electron chi connectivity index (χ1n) is 7.07. The van der Waals surface area contributed by atoms with Crippen molar-refractivity contribution in [3.63, 3.8) is 0 Å². The fourth-order valence-electron chi connectivity index (χ4n) is 2.97. The topological polar surface area (TPSA) is 12.0 Å². The summed E-state index contributed by atoms with van der Waals surface area (Å²) in [6, 6.07) is 4.39. The van der Waals surface area contributed by atoms with Crippen LogP contribution >= 0.6 is 15.9 Å². The first-order valence-corrected chi connectivity index (χ1v) is 7.86. The van der Waals surface area contributed by atoms with Crippen LogP contribution < -0.4 is 5.32 Å². The molecule has 1 aromatic carbocycles. The third-order valence-corrected chi connectivity index (χ3v) is 4.66. The van der Waals surface area contributed by atoms with Crippen LogP contribution in [0.1, 0.15) is 43.7 Å². The molecule has 0 saturated heterocycles. The number of halogens is 1. The van der Waals surface area contributed by atoms with Crippen molar-refractivity contribution in [2.24, 2.45) is 11.8 Å². The van der Waals surface area contributed by atoms with Crippen LogP contribution in [0.2, 0.25) is 0 Å². The highest BCUT2D eigenvalue weighted by atomic mass is 79.9. The molecule has 1 saturated carbocycles. The average Bonchev–Trinajstić information content (AvgIpc) is 2.30. The van der Waals surface area contributed by atoms with Gasteiger partial charge < -0.3 is 5.32 Å². The van der Waals surface area contributed by atoms with E-state index in [4.69, 9.17) is 0 Å². The SMILES string of the molecule is Cc1cc(Br)cc(C)c1NCC1CCC(C)CC1. The second kappa shape index (κ2) is 6.10. The number of hydrogen-bond acceptors (Lipinski definition) is 1. The number of anilines is 1. The van der Waals surface area contributed by atoms with Crippen LogP contribution in [0.25, 0.3) is 0 Å². The smallest absolute Gasteiger partial charge is 0.0400 e. The van der Waals surface area contributed by atoms with Crippen LogP contribution in [0, 0.1) is 25.7 Å². The Hall–Kier alpha value is -0.500. The molecule has 1 N–H and O–H groups in total. The summed E-state index contributed by atoms with van der Waals surface area (Å²) in [4.78, 5) is 0. The maximum absolute atomic E-state index is 3.67. The Bertz CT molecular complexity index is 383. The van der Waals surface area contributed by atoms with Gasteiger partial charge in [0.05, 0.1) is 0 Å². The highest BCUT2D eigenvalue weighted by Crippen LogP contribution is 2.30. The molecule has 0 bridgehead atoms. The molecule has 1 nitrogen and oxygen atoms in total. The van der Waals surface area contributed by atoms with Crippen molar-refractivity contribution in [3.05, 3.63) is 27.7 Å². The number of rotatable bonds is 3. The van der Waals surface area contributed by atoms with Crippen LogP contribution in [0.15, 0.2) is 16.6 Å². The molecule has 2 heteroatoms. The van der Waals surface area contributed by atoms with Gasteiger partial charge in [0, 0.05) is 16.7 Å². The van der Waals surface area contributed by atoms with Crippen molar-refractivity contribution in [3.8, 4) is 0 Å². The third-order valence-electron chi connectivity index (χ3n) is 4.20. The quantitative estimate of drug-likeness (QED) is 0.798. The Morgan fingerprint density at radius 3 is 2.22 bits per heavy atom. The summed E-state index contributed by atoms with van der Waals surface area (Å²) >= 11 is 3.55. The lowest BCUT2D eigenvalue weighted by atomic mass is 9.83. The minimum atomic E-state index is 0.864. The number of hydrogen-bond donors (Lipinski definition) is 1. The maximum atomic E-state index is 3.67. The number of benzene rings is 1. The second-order valence-electron chi connectivity index (χ2n) is 5.92. The van der Waals surface area contributed by atoms with Gasteiger partial charge in [-0.2, -0.15) is 0 Å². The van der Waals surface area contributed by atoms with Gasteiger partial charge in [-0.05, 0) is 61.8 Å². The molecule has 100 valence electrons. The van der Waals surface area contributed by atoms with Crippen molar-refractivity contribution < 1.29 is 0 Å². The van der Waals surface area contributed by atoms with E-state index in [2.05, 4.69) is 54.2 Å². The predicted molar refractivity (Wildman–Crippen MR) is 83.2 cm³/mol. The molecule has 1 aliphatic carbocycles. The van der Waals surface area contributed by atoms with Crippen LogP contribution in [-0.2, 0) is 0 Å². The molecule has 0 amide bonds. The van der Waals surface area contributed by atoms with Gasteiger partial charge in [0.1, 0.15) is 0 Å². The van der Waals surface area contributed by atoms with E-state index >= 15 is 0 Å². The van der Waals surface area contributed by atoms with Gasteiger partial charge in [-0.15, -0.1) is 0 Å². The monoisotopic (exact) mass is 309 g/mol. The molecular formula is C16H24BrN. The van der Waals surface area contributed by atoms with Gasteiger partial charge in [0.2, 0.25) is 0 Å². The molecule has 18 heavy (non-hydrogen) atoms. The van der Waals surface area contributed by atoms with E-state index < -0.39 is 0 Å². The Balaban J connectivity index is 1.94. The molecule has 0 atom stereocenters. The summed E-state index contributed by atoms with van der Waals surface area (Å²) in [5.74, 6) is 1.81. The number of nitrogens with one attached hydrogen (secondary N) is 1. The molecule has 0 aliphatic heterocycles. The molecule has 0 aromatic heterocycles. The largest absolute Gasteiger partial charge is 0.384 e. The standard InChI is InChI=1S/C16H24BrN/c1-11-4-6-14(7-5-11)10-18-16-12(2)8-15(17)9-13(16)3/h8-9,11,14,18H,4-7,10H2,1-3H3. The van der Waals surface area contributed by atoms with Gasteiger partial charge in [0.25, 0.3) is 0 Å². The molecular weight excluding hydrogens is 286 g/mol. The van der Waals surface area contributed by atoms with E-state index in [9.17, 15) is 0 Å². The summed E-state index contributed by atoms with van der Waals surface area (Å²) in [5, 5.41) is 3.67. The van der Waals surface area contributed by atoms with E-state index in [0.717, 1.165) is 18.4 Å². The van der Waals surface area contributed by atoms with E-state index in [1.165, 1.54) is 47.0 Å². The van der Waals surface area contributed by atoms with Crippen LogP contribution in [0.4, 0.5) is 5.69 Å². The highest BCUT2D eigenvalue weighted by molar-refractivity contribution is 9.10. The van der Waals surface area contributed by atoms with Gasteiger partial charge in [-0.1, -0.05) is 35.7 Å². The van der Waals surface area contributed by atoms with Gasteiger partial charge in [-0.3, -0.25) is 0 Å². The van der Waals surface area contributed by atoms with Crippen LogP contribution in [0.5, 0.6) is 0 Å². The van der Waals surface area contributed by atoms with Crippen molar-refractivity contribution in [1.82, 2.24) is 0 Å². The summed E-state index contributed by atoms with van der Waals surface area (Å²) in [6.45, 7) is 7.88. The van der Waals surface area contributed by atoms with E-state index in [-0.39, 0.29) is 0 Å². The second-order valence-corrected chi connectivity index (χ2v) is 6.84. The maximum Gasteiger partial charge on any atom is 0.0400 e. The van der Waals surface area contributed by atoms with Crippen molar-refractivity contribution in [2.75, 3.05) is 11.9 Å². The summed E-state index contributed by atoms with van der Waals surface area (Å²) in [7, 11) is 0. The van der Waals surface area contributed by atoms with Crippen LogP contribution in [0.3, 0.4) is 0 Å². The summed E-state index contributed by atoms with van der Waals surface area (Å²) in [6.07, 6.45) is 5.60. The lowest BCUT2D eigenvalue weighted by molar-refractivity contribution is 0.300. The molecule has 2 rings (SSSR count). The first-order chi connectivity index (χ1) is 8.56. The molecule has 0 heterocycles. The van der Waals surface area contributed by atoms with Gasteiger partial charge in [0.15, 0.2) is 0 Å². The lowest BCUT2D eigenvalue weighted by Crippen LogP contribution is -2.20. The predicted octanol–water partition coefficient (Wildman–Crippen LogP) is 5.30. The fourth-order valence-corrected chi connectivity index (χ4v) is 3.66. The molecule has 1 fully saturated rings. The lowest BCUT2D eigenvalue weighted by Gasteiger charge is -2.27. The highest BCUT2D eigenvalue weighted by Gasteiger charge is 2.18. The normalized spacial score (nSPS) is 24.0. The van der Waals surface area contributed by atoms with E-state index in [1.807, 2.05) is 0 Å². The van der Waals surface area contributed by atoms with Gasteiger partial charge in [-0.25, -0.2) is 0 Å². The first kappa shape index (κ1) is 13.9. The molecule has 0 spiro atoms. The Morgan fingerprint density at radius 2 is 1.67 bits per heavy atom. The van der Waals surface area contributed by atoms with E-state index in [1.54, 1.807) is 0 Å². The van der Waals surface area contributed by atoms with Crippen molar-refractivity contribution >= 4 is 21.6 Å². The Labute approximate surface area is 119 Å². The zero-order chi connectivity index (χ0) is 13.1. The van der Waals surface area contributed by atoms with Gasteiger partial charge >= 0.3 is 0 Å². The summed E-state index contributed by atoms with van der Waals surface area (Å²) in [5.41, 5.74) is 4.01. The third kappa shape index (κ3) is 3.50. The van der Waals surface area contributed by atoms with Crippen molar-refractivity contribution in [2.45, 2.75) is 46.5 Å². The zero-order valence-electron chi connectivity index (χ0n) is 11.7.